The quantitative estimate of drug-likeness (QED) is 0.435. The topological polar surface area (TPSA) is 20.2 Å². The van der Waals surface area contributed by atoms with E-state index in [-0.39, 0.29) is 18.9 Å². The summed E-state index contributed by atoms with van der Waals surface area (Å²) in [5.74, 6) is 0. The van der Waals surface area contributed by atoms with E-state index in [9.17, 15) is 13.2 Å². The Morgan fingerprint density at radius 3 is 1.50 bits per heavy atom. The second kappa shape index (κ2) is 3.78. The fourth-order valence-electron chi connectivity index (χ4n) is 0. The van der Waals surface area contributed by atoms with Crippen molar-refractivity contribution in [2.24, 2.45) is 0 Å². The van der Waals surface area contributed by atoms with E-state index in [2.05, 4.69) is 0 Å². The Morgan fingerprint density at radius 1 is 1.38 bits per heavy atom. The van der Waals surface area contributed by atoms with Crippen LogP contribution in [0, 0.1) is 0 Å². The van der Waals surface area contributed by atoms with Gasteiger partial charge in [-0.3, -0.25) is 0 Å². The Bertz CT molecular complexity index is 62.8. The predicted octanol–water partition coefficient (Wildman–Crippen LogP) is 0.613. The third-order valence-electron chi connectivity index (χ3n) is 0.270. The van der Waals surface area contributed by atoms with Gasteiger partial charge in [0.25, 0.3) is 0 Å². The number of halogens is 4. The van der Waals surface area contributed by atoms with E-state index in [1.54, 1.807) is 0 Å². The van der Waals surface area contributed by atoms with Crippen LogP contribution in [0.25, 0.3) is 0 Å². The van der Waals surface area contributed by atoms with Crippen molar-refractivity contribution in [3.63, 3.8) is 0 Å². The first-order valence-corrected chi connectivity index (χ1v) is 2.25. The van der Waals surface area contributed by atoms with E-state index in [0.717, 1.165) is 0 Å². The van der Waals surface area contributed by atoms with Gasteiger partial charge >= 0.3 is 25.0 Å². The SMILES string of the molecule is OC(Br)C(F)(F)F.[LiH]. The van der Waals surface area contributed by atoms with Crippen LogP contribution in [-0.4, -0.2) is 35.2 Å². The molecular formula is C2H3BrF3LiO. The molecule has 1 unspecified atom stereocenters. The summed E-state index contributed by atoms with van der Waals surface area (Å²) in [4.78, 5) is 0. The number of hydrogen-bond acceptors (Lipinski definition) is 1. The Hall–Kier alpha value is 0.827. The standard InChI is InChI=1S/C2H2BrF3O.Li.H/c3-1(7)2(4,5)6;;/h1,7H;;. The maximum absolute atomic E-state index is 10.9. The monoisotopic (exact) mass is 186 g/mol. The molecule has 46 valence electrons. The second-order valence-corrected chi connectivity index (χ2v) is 1.74. The summed E-state index contributed by atoms with van der Waals surface area (Å²) in [6.07, 6.45) is -4.53. The van der Waals surface area contributed by atoms with Crippen LogP contribution < -0.4 is 0 Å². The summed E-state index contributed by atoms with van der Waals surface area (Å²) in [6, 6.07) is 0. The number of rotatable bonds is 0. The fraction of sp³-hybridized carbons (Fsp3) is 1.00. The molecule has 0 saturated heterocycles. The van der Waals surface area contributed by atoms with E-state index < -0.39 is 11.2 Å². The van der Waals surface area contributed by atoms with E-state index in [1.807, 2.05) is 15.9 Å². The molecule has 0 aromatic rings. The molecule has 0 aromatic carbocycles. The average Bonchev–Trinajstić information content (AvgIpc) is 1.31. The molecule has 1 N–H and O–H groups in total. The molecule has 0 rings (SSSR count). The summed E-state index contributed by atoms with van der Waals surface area (Å²) in [6.45, 7) is 0. The van der Waals surface area contributed by atoms with Crippen molar-refractivity contribution in [1.82, 2.24) is 0 Å². The Kier molecular flexibility index (Phi) is 5.48. The van der Waals surface area contributed by atoms with Crippen LogP contribution in [0.5, 0.6) is 0 Å². The summed E-state index contributed by atoms with van der Waals surface area (Å²) in [5.41, 5.74) is 0. The predicted molar refractivity (Wildman–Crippen MR) is 28.1 cm³/mol. The molecule has 0 aliphatic heterocycles. The molecule has 0 aliphatic rings. The first-order chi connectivity index (χ1) is 2.94. The van der Waals surface area contributed by atoms with Crippen LogP contribution in [-0.2, 0) is 0 Å². The van der Waals surface area contributed by atoms with E-state index in [0.29, 0.717) is 0 Å². The van der Waals surface area contributed by atoms with Crippen LogP contribution in [0.1, 0.15) is 0 Å². The molecule has 0 aliphatic carbocycles. The number of aliphatic hydroxyl groups is 1. The van der Waals surface area contributed by atoms with Crippen molar-refractivity contribution in [2.45, 2.75) is 11.2 Å². The molecule has 0 aromatic heterocycles. The summed E-state index contributed by atoms with van der Waals surface area (Å²) in [5, 5.41) is 5.29. The molecule has 8 heavy (non-hydrogen) atoms. The number of alkyl halides is 4. The van der Waals surface area contributed by atoms with Crippen molar-refractivity contribution in [3.05, 3.63) is 0 Å². The maximum atomic E-state index is 10.9. The molecule has 6 heteroatoms. The van der Waals surface area contributed by atoms with Crippen molar-refractivity contribution in [1.29, 1.82) is 0 Å². The molecule has 0 radical (unpaired) electrons. The molecule has 0 spiro atoms. The molecule has 0 bridgehead atoms. The van der Waals surface area contributed by atoms with Crippen molar-refractivity contribution in [2.75, 3.05) is 0 Å². The summed E-state index contributed by atoms with van der Waals surface area (Å²) in [7, 11) is 0. The minimum absolute atomic E-state index is 0. The average molecular weight is 187 g/mol. The molecule has 0 saturated carbocycles. The molecule has 0 heterocycles. The molecule has 0 fully saturated rings. The zero-order valence-electron chi connectivity index (χ0n) is 3.04. The van der Waals surface area contributed by atoms with Crippen LogP contribution in [0.3, 0.4) is 0 Å². The van der Waals surface area contributed by atoms with E-state index >= 15 is 0 Å². The van der Waals surface area contributed by atoms with Gasteiger partial charge < -0.3 is 5.11 Å². The minimum atomic E-state index is -4.53. The van der Waals surface area contributed by atoms with E-state index in [1.165, 1.54) is 0 Å². The second-order valence-electron chi connectivity index (χ2n) is 0.877. The molecule has 1 atom stereocenters. The Labute approximate surface area is 64.6 Å². The first-order valence-electron chi connectivity index (χ1n) is 1.33. The van der Waals surface area contributed by atoms with Crippen LogP contribution in [0.15, 0.2) is 0 Å². The van der Waals surface area contributed by atoms with Gasteiger partial charge in [-0.1, -0.05) is 0 Å². The van der Waals surface area contributed by atoms with Gasteiger partial charge in [0.05, 0.1) is 0 Å². The number of hydrogen-bond donors (Lipinski definition) is 1. The fourth-order valence-corrected chi connectivity index (χ4v) is 0. The molecule has 0 amide bonds. The first kappa shape index (κ1) is 11.6. The van der Waals surface area contributed by atoms with Gasteiger partial charge in [-0.25, -0.2) is 0 Å². The molecule has 1 nitrogen and oxygen atoms in total. The van der Waals surface area contributed by atoms with Crippen molar-refractivity contribution >= 4 is 34.8 Å². The van der Waals surface area contributed by atoms with Gasteiger partial charge in [0.1, 0.15) is 0 Å². The molecular weight excluding hydrogens is 184 g/mol. The van der Waals surface area contributed by atoms with Gasteiger partial charge in [-0.2, -0.15) is 13.2 Å². The van der Waals surface area contributed by atoms with Crippen LogP contribution >= 0.6 is 15.9 Å². The van der Waals surface area contributed by atoms with Crippen LogP contribution in [0.2, 0.25) is 0 Å². The van der Waals surface area contributed by atoms with Crippen LogP contribution in [0.4, 0.5) is 13.2 Å². The normalized spacial score (nSPS) is 14.6. The number of aliphatic hydroxyl groups excluding tert-OH is 1. The Balaban J connectivity index is 0. The summed E-state index contributed by atoms with van der Waals surface area (Å²) < 4.78 is 32.6. The Morgan fingerprint density at radius 2 is 1.50 bits per heavy atom. The van der Waals surface area contributed by atoms with Crippen molar-refractivity contribution < 1.29 is 18.3 Å². The van der Waals surface area contributed by atoms with Gasteiger partial charge in [0.2, 0.25) is 5.01 Å². The zero-order valence-corrected chi connectivity index (χ0v) is 4.62. The third kappa shape index (κ3) is 4.97. The third-order valence-corrected chi connectivity index (χ3v) is 0.789. The van der Waals surface area contributed by atoms with Gasteiger partial charge in [0, 0.05) is 0 Å². The van der Waals surface area contributed by atoms with Crippen molar-refractivity contribution in [3.8, 4) is 0 Å². The van der Waals surface area contributed by atoms with Gasteiger partial charge in [-0.15, -0.1) is 0 Å². The summed E-state index contributed by atoms with van der Waals surface area (Å²) >= 11 is 1.93. The van der Waals surface area contributed by atoms with Gasteiger partial charge in [0.15, 0.2) is 0 Å². The van der Waals surface area contributed by atoms with E-state index in [4.69, 9.17) is 5.11 Å². The zero-order chi connectivity index (χ0) is 6.08. The van der Waals surface area contributed by atoms with Gasteiger partial charge in [-0.05, 0) is 15.9 Å².